The largest absolute Gasteiger partial charge is 0.339 e. The summed E-state index contributed by atoms with van der Waals surface area (Å²) >= 11 is 6.24. The van der Waals surface area contributed by atoms with Crippen molar-refractivity contribution in [2.45, 2.75) is 6.92 Å². The highest BCUT2D eigenvalue weighted by molar-refractivity contribution is 6.33. The molecule has 1 aliphatic rings. The van der Waals surface area contributed by atoms with Gasteiger partial charge in [-0.15, -0.1) is 0 Å². The van der Waals surface area contributed by atoms with Gasteiger partial charge in [0.2, 0.25) is 11.9 Å². The molecule has 8 heteroatoms. The summed E-state index contributed by atoms with van der Waals surface area (Å²) in [5.74, 6) is 2.22. The number of hydrogen-bond acceptors (Lipinski definition) is 7. The number of anilines is 4. The lowest BCUT2D eigenvalue weighted by atomic mass is 10.3. The molecule has 3 aromatic rings. The molecule has 1 N–H and O–H groups in total. The molecule has 1 fully saturated rings. The molecule has 1 saturated heterocycles. The lowest BCUT2D eigenvalue weighted by Crippen LogP contribution is -2.47. The summed E-state index contributed by atoms with van der Waals surface area (Å²) in [5, 5.41) is 3.95. The zero-order valence-corrected chi connectivity index (χ0v) is 15.8. The Kier molecular flexibility index (Phi) is 5.02. The maximum atomic E-state index is 6.24. The van der Waals surface area contributed by atoms with Crippen LogP contribution in [0.15, 0.2) is 48.8 Å². The van der Waals surface area contributed by atoms with Crippen molar-refractivity contribution in [3.8, 4) is 0 Å². The fourth-order valence-electron chi connectivity index (χ4n) is 3.02. The second-order valence-corrected chi connectivity index (χ2v) is 6.73. The van der Waals surface area contributed by atoms with E-state index < -0.39 is 0 Å². The van der Waals surface area contributed by atoms with Gasteiger partial charge in [-0.3, -0.25) is 0 Å². The third-order valence-corrected chi connectivity index (χ3v) is 4.71. The molecular formula is C19H20ClN7. The molecule has 27 heavy (non-hydrogen) atoms. The van der Waals surface area contributed by atoms with Crippen LogP contribution in [-0.4, -0.2) is 46.1 Å². The van der Waals surface area contributed by atoms with Gasteiger partial charge in [-0.2, -0.15) is 4.98 Å². The summed E-state index contributed by atoms with van der Waals surface area (Å²) in [4.78, 5) is 22.3. The number of halogens is 1. The van der Waals surface area contributed by atoms with Crippen LogP contribution < -0.4 is 15.1 Å². The second kappa shape index (κ2) is 7.75. The summed E-state index contributed by atoms with van der Waals surface area (Å²) in [6, 6.07) is 11.4. The van der Waals surface area contributed by atoms with E-state index >= 15 is 0 Å². The summed E-state index contributed by atoms with van der Waals surface area (Å²) in [6.07, 6.45) is 3.54. The molecule has 0 saturated carbocycles. The quantitative estimate of drug-likeness (QED) is 0.743. The molecular weight excluding hydrogens is 362 g/mol. The Balaban J connectivity index is 1.48. The Morgan fingerprint density at radius 2 is 1.56 bits per heavy atom. The van der Waals surface area contributed by atoms with Crippen molar-refractivity contribution in [3.63, 3.8) is 0 Å². The smallest absolute Gasteiger partial charge is 0.227 e. The molecule has 0 aliphatic carbocycles. The van der Waals surface area contributed by atoms with Crippen molar-refractivity contribution >= 4 is 35.0 Å². The van der Waals surface area contributed by atoms with E-state index in [1.165, 1.54) is 0 Å². The molecule has 0 radical (unpaired) electrons. The zero-order valence-electron chi connectivity index (χ0n) is 15.0. The van der Waals surface area contributed by atoms with E-state index in [0.29, 0.717) is 5.02 Å². The number of nitrogens with zero attached hydrogens (tertiary/aromatic N) is 6. The topological polar surface area (TPSA) is 70.1 Å². The third-order valence-electron chi connectivity index (χ3n) is 4.38. The zero-order chi connectivity index (χ0) is 18.6. The highest BCUT2D eigenvalue weighted by Crippen LogP contribution is 2.25. The number of aryl methyl sites for hydroxylation is 1. The number of rotatable bonds is 4. The number of para-hydroxylation sites is 1. The molecule has 1 aliphatic heterocycles. The van der Waals surface area contributed by atoms with Crippen LogP contribution in [0, 0.1) is 6.92 Å². The first-order valence-electron chi connectivity index (χ1n) is 8.83. The van der Waals surface area contributed by atoms with Gasteiger partial charge in [0.1, 0.15) is 5.82 Å². The number of hydrogen-bond donors (Lipinski definition) is 1. The Bertz CT molecular complexity index is 911. The van der Waals surface area contributed by atoms with Gasteiger partial charge in [0.25, 0.3) is 0 Å². The van der Waals surface area contributed by atoms with Gasteiger partial charge in [0.05, 0.1) is 10.7 Å². The Morgan fingerprint density at radius 1 is 0.889 bits per heavy atom. The van der Waals surface area contributed by atoms with Crippen molar-refractivity contribution in [2.24, 2.45) is 0 Å². The van der Waals surface area contributed by atoms with E-state index in [9.17, 15) is 0 Å². The van der Waals surface area contributed by atoms with Crippen LogP contribution in [0.4, 0.5) is 23.4 Å². The first-order chi connectivity index (χ1) is 13.2. The van der Waals surface area contributed by atoms with Crippen LogP contribution in [0.2, 0.25) is 5.02 Å². The van der Waals surface area contributed by atoms with Crippen LogP contribution in [0.3, 0.4) is 0 Å². The van der Waals surface area contributed by atoms with Crippen molar-refractivity contribution < 1.29 is 0 Å². The fraction of sp³-hybridized carbons (Fsp3) is 0.263. The van der Waals surface area contributed by atoms with Gasteiger partial charge >= 0.3 is 0 Å². The minimum atomic E-state index is 0.659. The molecule has 7 nitrogen and oxygen atoms in total. The Morgan fingerprint density at radius 3 is 2.26 bits per heavy atom. The van der Waals surface area contributed by atoms with Crippen LogP contribution in [0.25, 0.3) is 0 Å². The van der Waals surface area contributed by atoms with Crippen LogP contribution in [0.5, 0.6) is 0 Å². The highest BCUT2D eigenvalue weighted by atomic mass is 35.5. The van der Waals surface area contributed by atoms with Gasteiger partial charge in [-0.1, -0.05) is 23.7 Å². The normalized spacial score (nSPS) is 14.3. The monoisotopic (exact) mass is 381 g/mol. The lowest BCUT2D eigenvalue weighted by Gasteiger charge is -2.34. The molecule has 0 amide bonds. The van der Waals surface area contributed by atoms with Gasteiger partial charge in [0.15, 0.2) is 0 Å². The van der Waals surface area contributed by atoms with Crippen molar-refractivity contribution in [2.75, 3.05) is 41.3 Å². The van der Waals surface area contributed by atoms with Crippen molar-refractivity contribution in [1.29, 1.82) is 0 Å². The number of nitrogens with one attached hydrogen (secondary N) is 1. The molecule has 1 aromatic carbocycles. The fourth-order valence-corrected chi connectivity index (χ4v) is 3.20. The molecule has 2 aromatic heterocycles. The molecule has 0 atom stereocenters. The minimum Gasteiger partial charge on any atom is -0.339 e. The molecule has 4 rings (SSSR count). The highest BCUT2D eigenvalue weighted by Gasteiger charge is 2.21. The maximum Gasteiger partial charge on any atom is 0.227 e. The predicted molar refractivity (Wildman–Crippen MR) is 108 cm³/mol. The van der Waals surface area contributed by atoms with Crippen LogP contribution in [0.1, 0.15) is 5.69 Å². The van der Waals surface area contributed by atoms with Crippen molar-refractivity contribution in [1.82, 2.24) is 19.9 Å². The van der Waals surface area contributed by atoms with E-state index in [0.717, 1.165) is 55.3 Å². The predicted octanol–water partition coefficient (Wildman–Crippen LogP) is 3.30. The Hall–Kier alpha value is -2.93. The summed E-state index contributed by atoms with van der Waals surface area (Å²) in [5.41, 5.74) is 1.73. The van der Waals surface area contributed by atoms with Crippen molar-refractivity contribution in [3.05, 3.63) is 59.5 Å². The Labute approximate surface area is 163 Å². The molecule has 0 spiro atoms. The number of piperazine rings is 1. The van der Waals surface area contributed by atoms with Gasteiger partial charge in [-0.25, -0.2) is 15.0 Å². The van der Waals surface area contributed by atoms with Crippen LogP contribution >= 0.6 is 11.6 Å². The SMILES string of the molecule is Cc1cc(Nc2ccccc2Cl)nc(N2CCN(c3ncccn3)CC2)n1. The van der Waals surface area contributed by atoms with Crippen LogP contribution in [-0.2, 0) is 0 Å². The first kappa shape index (κ1) is 17.5. The van der Waals surface area contributed by atoms with E-state index in [-0.39, 0.29) is 0 Å². The van der Waals surface area contributed by atoms with Gasteiger partial charge < -0.3 is 15.1 Å². The van der Waals surface area contributed by atoms with Gasteiger partial charge in [-0.05, 0) is 25.1 Å². The summed E-state index contributed by atoms with van der Waals surface area (Å²) < 4.78 is 0. The van der Waals surface area contributed by atoms with E-state index in [1.807, 2.05) is 43.3 Å². The molecule has 0 unspecified atom stereocenters. The number of aromatic nitrogens is 4. The van der Waals surface area contributed by atoms with Gasteiger partial charge in [0, 0.05) is 50.3 Å². The maximum absolute atomic E-state index is 6.24. The first-order valence-corrected chi connectivity index (χ1v) is 9.21. The lowest BCUT2D eigenvalue weighted by molar-refractivity contribution is 0.627. The standard InChI is InChI=1S/C19H20ClN7/c1-14-13-17(24-16-6-3-2-5-15(16)20)25-19(23-14)27-11-9-26(10-12-27)18-21-7-4-8-22-18/h2-8,13H,9-12H2,1H3,(H,23,24,25). The molecule has 0 bridgehead atoms. The minimum absolute atomic E-state index is 0.659. The van der Waals surface area contributed by atoms with E-state index in [1.54, 1.807) is 12.4 Å². The number of benzene rings is 1. The third kappa shape index (κ3) is 4.09. The second-order valence-electron chi connectivity index (χ2n) is 6.32. The van der Waals surface area contributed by atoms with E-state index in [4.69, 9.17) is 11.6 Å². The molecule has 138 valence electrons. The average Bonchev–Trinajstić information content (AvgIpc) is 2.70. The molecule has 3 heterocycles. The van der Waals surface area contributed by atoms with E-state index in [2.05, 4.69) is 35.1 Å². The summed E-state index contributed by atoms with van der Waals surface area (Å²) in [6.45, 7) is 5.25. The summed E-state index contributed by atoms with van der Waals surface area (Å²) in [7, 11) is 0. The average molecular weight is 382 g/mol.